The number of hydrogen-bond acceptors (Lipinski definition) is 3. The van der Waals surface area contributed by atoms with E-state index >= 15 is 0 Å². The number of nitrogens with zero attached hydrogens (tertiary/aromatic N) is 2. The maximum absolute atomic E-state index is 4.25. The van der Waals surface area contributed by atoms with Gasteiger partial charge in [0.1, 0.15) is 0 Å². The van der Waals surface area contributed by atoms with Crippen molar-refractivity contribution >= 4 is 16.8 Å². The largest absolute Gasteiger partial charge is 0.286 e. The van der Waals surface area contributed by atoms with Gasteiger partial charge in [-0.25, -0.2) is 0 Å². The summed E-state index contributed by atoms with van der Waals surface area (Å²) in [6.45, 7) is 5.78. The van der Waals surface area contributed by atoms with E-state index in [1.165, 1.54) is 5.56 Å². The molecule has 0 aliphatic carbocycles. The van der Waals surface area contributed by atoms with Gasteiger partial charge in [0.2, 0.25) is 0 Å². The van der Waals surface area contributed by atoms with Gasteiger partial charge >= 0.3 is 0 Å². The Hall–Kier alpha value is -1.35. The number of thioether (sulfide) groups is 1. The molecule has 84 valence electrons. The van der Waals surface area contributed by atoms with Gasteiger partial charge in [0.25, 0.3) is 0 Å². The second kappa shape index (κ2) is 7.01. The highest BCUT2D eigenvalue weighted by Crippen LogP contribution is 2.12. The summed E-state index contributed by atoms with van der Waals surface area (Å²) in [4.78, 5) is 8.34. The van der Waals surface area contributed by atoms with Crippen LogP contribution in [-0.4, -0.2) is 17.1 Å². The molecule has 0 aliphatic rings. The van der Waals surface area contributed by atoms with Gasteiger partial charge in [-0.2, -0.15) is 0 Å². The molecule has 0 bridgehead atoms. The highest BCUT2D eigenvalue weighted by atomic mass is 32.2. The predicted octanol–water partition coefficient (Wildman–Crippen LogP) is 3.48. The van der Waals surface area contributed by atoms with E-state index in [9.17, 15) is 0 Å². The minimum absolute atomic E-state index is 0.829. The van der Waals surface area contributed by atoms with Crippen LogP contribution < -0.4 is 0 Å². The van der Waals surface area contributed by atoms with E-state index in [1.54, 1.807) is 18.0 Å². The molecule has 0 aromatic carbocycles. The molecule has 0 fully saturated rings. The quantitative estimate of drug-likeness (QED) is 0.451. The second-order valence-electron chi connectivity index (χ2n) is 3.42. The smallest absolute Gasteiger partial charge is 0.0758 e. The summed E-state index contributed by atoms with van der Waals surface area (Å²) in [6.07, 6.45) is 6.46. The summed E-state index contributed by atoms with van der Waals surface area (Å²) in [5.41, 5.74) is 2.23. The van der Waals surface area contributed by atoms with Gasteiger partial charge in [0.15, 0.2) is 0 Å². The van der Waals surface area contributed by atoms with Gasteiger partial charge in [-0.15, -0.1) is 0 Å². The molecule has 1 aromatic heterocycles. The Balaban J connectivity index is 2.54. The lowest BCUT2D eigenvalue weighted by atomic mass is 10.2. The Kier molecular flexibility index (Phi) is 5.57. The van der Waals surface area contributed by atoms with Crippen LogP contribution in [0.3, 0.4) is 0 Å². The van der Waals surface area contributed by atoms with Gasteiger partial charge in [-0.1, -0.05) is 36.1 Å². The molecule has 0 saturated carbocycles. The van der Waals surface area contributed by atoms with Gasteiger partial charge in [-0.05, 0) is 24.0 Å². The third kappa shape index (κ3) is 4.94. The first kappa shape index (κ1) is 12.7. The average Bonchev–Trinajstić information content (AvgIpc) is 2.28. The number of aromatic nitrogens is 1. The van der Waals surface area contributed by atoms with Crippen LogP contribution in [0.25, 0.3) is 0 Å². The van der Waals surface area contributed by atoms with Crippen LogP contribution in [0.1, 0.15) is 12.5 Å². The summed E-state index contributed by atoms with van der Waals surface area (Å²) in [5, 5.41) is 3.09. The molecule has 1 heterocycles. The molecule has 0 spiro atoms. The highest BCUT2D eigenvalue weighted by Gasteiger charge is 1.99. The highest BCUT2D eigenvalue weighted by molar-refractivity contribution is 8.16. The van der Waals surface area contributed by atoms with E-state index in [1.807, 2.05) is 37.7 Å². The van der Waals surface area contributed by atoms with Crippen molar-refractivity contribution in [1.82, 2.24) is 4.98 Å². The lowest BCUT2D eigenvalue weighted by Gasteiger charge is -2.01. The minimum atomic E-state index is 0.829. The monoisotopic (exact) mass is 232 g/mol. The van der Waals surface area contributed by atoms with Crippen LogP contribution in [0.4, 0.5) is 0 Å². The van der Waals surface area contributed by atoms with Crippen LogP contribution in [0.2, 0.25) is 0 Å². The van der Waals surface area contributed by atoms with E-state index in [-0.39, 0.29) is 0 Å². The molecule has 1 aromatic rings. The van der Waals surface area contributed by atoms with E-state index < -0.39 is 0 Å². The van der Waals surface area contributed by atoms with Crippen molar-refractivity contribution in [3.63, 3.8) is 0 Å². The Bertz CT molecular complexity index is 394. The predicted molar refractivity (Wildman–Crippen MR) is 72.8 cm³/mol. The lowest BCUT2D eigenvalue weighted by molar-refractivity contribution is 1.22. The fourth-order valence-electron chi connectivity index (χ4n) is 1.08. The number of rotatable bonds is 4. The van der Waals surface area contributed by atoms with Crippen LogP contribution in [0.15, 0.2) is 53.2 Å². The molecule has 0 radical (unpaired) electrons. The number of hydrogen-bond donors (Lipinski definition) is 0. The molecule has 0 unspecified atom stereocenters. The zero-order valence-corrected chi connectivity index (χ0v) is 10.5. The summed E-state index contributed by atoms with van der Waals surface area (Å²) in [6, 6.07) is 4.00. The van der Waals surface area contributed by atoms with Crippen molar-refractivity contribution in [3.8, 4) is 0 Å². The van der Waals surface area contributed by atoms with Gasteiger partial charge in [-0.3, -0.25) is 9.98 Å². The average molecular weight is 232 g/mol. The van der Waals surface area contributed by atoms with Crippen LogP contribution in [0, 0.1) is 0 Å². The first-order valence-corrected chi connectivity index (χ1v) is 5.93. The van der Waals surface area contributed by atoms with Gasteiger partial charge in [0, 0.05) is 25.9 Å². The summed E-state index contributed by atoms with van der Waals surface area (Å²) < 4.78 is 0. The fourth-order valence-corrected chi connectivity index (χ4v) is 1.89. The zero-order valence-electron chi connectivity index (χ0n) is 9.68. The lowest BCUT2D eigenvalue weighted by Crippen LogP contribution is -1.97. The van der Waals surface area contributed by atoms with Crippen molar-refractivity contribution in [2.75, 3.05) is 7.05 Å². The number of allylic oxidation sites excluding steroid dienone is 2. The molecule has 16 heavy (non-hydrogen) atoms. The summed E-state index contributed by atoms with van der Waals surface area (Å²) in [5.74, 6) is 0. The zero-order chi connectivity index (χ0) is 11.8. The van der Waals surface area contributed by atoms with E-state index in [2.05, 4.69) is 22.6 Å². The van der Waals surface area contributed by atoms with Gasteiger partial charge < -0.3 is 0 Å². The Morgan fingerprint density at radius 2 is 2.44 bits per heavy atom. The number of pyridine rings is 1. The van der Waals surface area contributed by atoms with Crippen molar-refractivity contribution in [1.29, 1.82) is 0 Å². The number of aliphatic imine (C=N–C) groups is 1. The molecule has 3 heteroatoms. The first-order valence-electron chi connectivity index (χ1n) is 5.05. The van der Waals surface area contributed by atoms with Gasteiger partial charge in [0.05, 0.1) is 5.04 Å². The SMILES string of the molecule is C=C(C)/C=C/SC(Cc1cccnc1)=NC. The molecular weight excluding hydrogens is 216 g/mol. The first-order chi connectivity index (χ1) is 7.72. The molecule has 0 saturated heterocycles. The minimum Gasteiger partial charge on any atom is -0.286 e. The van der Waals surface area contributed by atoms with Crippen molar-refractivity contribution in [2.45, 2.75) is 13.3 Å². The van der Waals surface area contributed by atoms with E-state index in [0.717, 1.165) is 17.0 Å². The van der Waals surface area contributed by atoms with Crippen molar-refractivity contribution in [2.24, 2.45) is 4.99 Å². The molecule has 0 N–H and O–H groups in total. The maximum atomic E-state index is 4.25. The molecule has 0 aliphatic heterocycles. The third-order valence-electron chi connectivity index (χ3n) is 1.88. The van der Waals surface area contributed by atoms with Crippen LogP contribution in [-0.2, 0) is 6.42 Å². The fraction of sp³-hybridized carbons (Fsp3) is 0.231. The molecule has 2 nitrogen and oxygen atoms in total. The summed E-state index contributed by atoms with van der Waals surface area (Å²) >= 11 is 1.63. The van der Waals surface area contributed by atoms with Crippen LogP contribution in [0.5, 0.6) is 0 Å². The Morgan fingerprint density at radius 3 is 3.00 bits per heavy atom. The topological polar surface area (TPSA) is 25.2 Å². The molecule has 0 atom stereocenters. The Morgan fingerprint density at radius 1 is 1.62 bits per heavy atom. The molecular formula is C13H16N2S. The molecule has 1 rings (SSSR count). The molecule has 0 amide bonds. The summed E-state index contributed by atoms with van der Waals surface area (Å²) in [7, 11) is 1.81. The van der Waals surface area contributed by atoms with Crippen molar-refractivity contribution < 1.29 is 0 Å². The van der Waals surface area contributed by atoms with Crippen molar-refractivity contribution in [3.05, 3.63) is 53.7 Å². The Labute approximate surface area is 101 Å². The van der Waals surface area contributed by atoms with E-state index in [4.69, 9.17) is 0 Å². The second-order valence-corrected chi connectivity index (χ2v) is 4.40. The van der Waals surface area contributed by atoms with E-state index in [0.29, 0.717) is 0 Å². The third-order valence-corrected chi connectivity index (χ3v) is 2.76. The normalized spacial score (nSPS) is 12.0. The van der Waals surface area contributed by atoms with Crippen LogP contribution >= 0.6 is 11.8 Å². The standard InChI is InChI=1S/C13H16N2S/c1-11(2)6-8-16-13(14-3)9-12-5-4-7-15-10-12/h4-8,10H,1,9H2,2-3H3/b8-6+,14-13?. The maximum Gasteiger partial charge on any atom is 0.0758 e.